The Kier molecular flexibility index (Phi) is 7.54. The topological polar surface area (TPSA) is 62.6 Å². The molecule has 0 saturated carbocycles. The minimum atomic E-state index is -0.424. The number of hydrogen-bond acceptors (Lipinski definition) is 5. The number of hydrogen-bond donors (Lipinski definition) is 0. The summed E-state index contributed by atoms with van der Waals surface area (Å²) in [4.78, 5) is 16.8. The van der Waals surface area contributed by atoms with Gasteiger partial charge in [-0.3, -0.25) is 0 Å². The summed E-state index contributed by atoms with van der Waals surface area (Å²) in [7, 11) is 0. The quantitative estimate of drug-likeness (QED) is 0.455. The van der Waals surface area contributed by atoms with Gasteiger partial charge in [0, 0.05) is 0 Å². The number of nitrogens with zero attached hydrogens (tertiary/aromatic N) is 2. The molecule has 7 heteroatoms. The second-order valence-corrected chi connectivity index (χ2v) is 10.0. The first-order valence-electron chi connectivity index (χ1n) is 10.4. The fourth-order valence-electron chi connectivity index (χ4n) is 3.55. The summed E-state index contributed by atoms with van der Waals surface area (Å²) in [5.74, 6) is 0. The fraction of sp³-hybridized carbons (Fsp3) is 0.333. The van der Waals surface area contributed by atoms with Crippen LogP contribution in [-0.4, -0.2) is 49.9 Å². The SMILES string of the molecule is CCOC(=O)n1cnc([C@@H]2O[C@H](COCc3ccccc3)C[C@H]2[Se]c2ccccc2)c1. The molecule has 0 N–H and O–H groups in total. The van der Waals surface area contributed by atoms with E-state index in [1.54, 1.807) is 13.1 Å². The van der Waals surface area contributed by atoms with E-state index in [-0.39, 0.29) is 27.2 Å². The van der Waals surface area contributed by atoms with Crippen molar-refractivity contribution in [3.8, 4) is 0 Å². The average molecular weight is 485 g/mol. The van der Waals surface area contributed by atoms with E-state index in [2.05, 4.69) is 41.4 Å². The third-order valence-corrected chi connectivity index (χ3v) is 7.69. The van der Waals surface area contributed by atoms with Gasteiger partial charge in [-0.05, 0) is 0 Å². The van der Waals surface area contributed by atoms with E-state index in [4.69, 9.17) is 14.2 Å². The Morgan fingerprint density at radius 3 is 2.65 bits per heavy atom. The molecule has 31 heavy (non-hydrogen) atoms. The number of carbonyl (C=O) groups is 1. The maximum atomic E-state index is 12.0. The van der Waals surface area contributed by atoms with Crippen LogP contribution >= 0.6 is 0 Å². The molecule has 1 aromatic heterocycles. The number of carbonyl (C=O) groups excluding carboxylic acids is 1. The Balaban J connectivity index is 1.44. The molecule has 4 rings (SSSR count). The second-order valence-electron chi connectivity index (χ2n) is 7.29. The summed E-state index contributed by atoms with van der Waals surface area (Å²) in [6.07, 6.45) is 3.54. The van der Waals surface area contributed by atoms with Crippen molar-refractivity contribution in [2.45, 2.75) is 37.0 Å². The number of imidazole rings is 1. The van der Waals surface area contributed by atoms with E-state index in [0.717, 1.165) is 17.7 Å². The number of benzene rings is 2. The molecule has 1 fully saturated rings. The van der Waals surface area contributed by atoms with Crippen molar-refractivity contribution < 1.29 is 19.0 Å². The standard InChI is InChI=1S/C24H26N2O4Se/c1-2-29-24(27)26-14-21(25-17-26)23-22(31-20-11-7-4-8-12-20)13-19(30-23)16-28-15-18-9-5-3-6-10-18/h3-12,14,17,19,22-23H,2,13,15-16H2,1H3/t19-,22+,23-/m0/s1. The van der Waals surface area contributed by atoms with Gasteiger partial charge in [0.1, 0.15) is 0 Å². The molecule has 3 atom stereocenters. The van der Waals surface area contributed by atoms with Gasteiger partial charge in [-0.2, -0.15) is 0 Å². The van der Waals surface area contributed by atoms with Crippen molar-refractivity contribution in [2.24, 2.45) is 0 Å². The van der Waals surface area contributed by atoms with Crippen LogP contribution in [0, 0.1) is 0 Å². The van der Waals surface area contributed by atoms with Crippen LogP contribution < -0.4 is 4.46 Å². The monoisotopic (exact) mass is 486 g/mol. The van der Waals surface area contributed by atoms with Crippen molar-refractivity contribution in [3.63, 3.8) is 0 Å². The molecule has 2 heterocycles. The van der Waals surface area contributed by atoms with Crippen molar-refractivity contribution in [1.82, 2.24) is 9.55 Å². The van der Waals surface area contributed by atoms with Gasteiger partial charge in [-0.25, -0.2) is 0 Å². The van der Waals surface area contributed by atoms with Crippen molar-refractivity contribution in [3.05, 3.63) is 84.4 Å². The zero-order valence-corrected chi connectivity index (χ0v) is 19.1. The summed E-state index contributed by atoms with van der Waals surface area (Å²) in [6, 6.07) is 20.6. The van der Waals surface area contributed by atoms with Crippen LogP contribution in [0.15, 0.2) is 73.2 Å². The molecule has 0 unspecified atom stereocenters. The summed E-state index contributed by atoms with van der Waals surface area (Å²) in [6.45, 7) is 3.21. The Morgan fingerprint density at radius 2 is 1.90 bits per heavy atom. The van der Waals surface area contributed by atoms with Gasteiger partial charge in [-0.1, -0.05) is 0 Å². The normalized spacial score (nSPS) is 20.6. The van der Waals surface area contributed by atoms with Gasteiger partial charge in [0.2, 0.25) is 0 Å². The minimum absolute atomic E-state index is 0.00274. The van der Waals surface area contributed by atoms with E-state index in [1.165, 1.54) is 15.4 Å². The zero-order valence-electron chi connectivity index (χ0n) is 17.4. The van der Waals surface area contributed by atoms with Crippen molar-refractivity contribution in [2.75, 3.05) is 13.2 Å². The van der Waals surface area contributed by atoms with Crippen LogP contribution in [0.5, 0.6) is 0 Å². The molecule has 0 aliphatic carbocycles. The Bertz CT molecular complexity index is 964. The molecule has 0 spiro atoms. The molecule has 0 radical (unpaired) electrons. The van der Waals surface area contributed by atoms with Crippen LogP contribution in [0.1, 0.15) is 30.7 Å². The molecule has 0 amide bonds. The molecule has 1 aliphatic rings. The van der Waals surface area contributed by atoms with Crippen LogP contribution in [-0.2, 0) is 20.8 Å². The second kappa shape index (κ2) is 10.7. The average Bonchev–Trinajstić information content (AvgIpc) is 3.43. The van der Waals surface area contributed by atoms with Crippen LogP contribution in [0.2, 0.25) is 4.82 Å². The molecule has 1 saturated heterocycles. The first-order valence-corrected chi connectivity index (χ1v) is 12.3. The third-order valence-electron chi connectivity index (χ3n) is 4.99. The van der Waals surface area contributed by atoms with Crippen LogP contribution in [0.25, 0.3) is 0 Å². The zero-order chi connectivity index (χ0) is 21.5. The maximum absolute atomic E-state index is 12.0. The predicted molar refractivity (Wildman–Crippen MR) is 119 cm³/mol. The van der Waals surface area contributed by atoms with Crippen molar-refractivity contribution >= 4 is 25.5 Å². The predicted octanol–water partition coefficient (Wildman–Crippen LogP) is 3.75. The fourth-order valence-corrected chi connectivity index (χ4v) is 6.28. The van der Waals surface area contributed by atoms with Crippen molar-refractivity contribution in [1.29, 1.82) is 0 Å². The van der Waals surface area contributed by atoms with E-state index in [9.17, 15) is 4.79 Å². The first-order chi connectivity index (χ1) is 15.2. The molecular weight excluding hydrogens is 459 g/mol. The summed E-state index contributed by atoms with van der Waals surface area (Å²) in [5, 5.41) is 0. The van der Waals surface area contributed by atoms with E-state index in [1.807, 2.05) is 24.3 Å². The van der Waals surface area contributed by atoms with Crippen LogP contribution in [0.3, 0.4) is 0 Å². The van der Waals surface area contributed by atoms with E-state index in [0.29, 0.717) is 24.6 Å². The number of rotatable bonds is 8. The number of ether oxygens (including phenoxy) is 3. The van der Waals surface area contributed by atoms with E-state index >= 15 is 0 Å². The molecule has 162 valence electrons. The van der Waals surface area contributed by atoms with Gasteiger partial charge >= 0.3 is 189 Å². The Morgan fingerprint density at radius 1 is 1.16 bits per heavy atom. The number of aromatic nitrogens is 2. The molecule has 0 bridgehead atoms. The van der Waals surface area contributed by atoms with Gasteiger partial charge in [0.25, 0.3) is 0 Å². The van der Waals surface area contributed by atoms with Gasteiger partial charge < -0.3 is 0 Å². The molecule has 6 nitrogen and oxygen atoms in total. The Hall–Kier alpha value is -2.44. The molecule has 3 aromatic rings. The molecule has 2 aromatic carbocycles. The van der Waals surface area contributed by atoms with Gasteiger partial charge in [0.15, 0.2) is 0 Å². The van der Waals surface area contributed by atoms with E-state index < -0.39 is 6.09 Å². The summed E-state index contributed by atoms with van der Waals surface area (Å²) in [5.41, 5.74) is 1.91. The van der Waals surface area contributed by atoms with Crippen LogP contribution in [0.4, 0.5) is 4.79 Å². The van der Waals surface area contributed by atoms with Gasteiger partial charge in [-0.15, -0.1) is 0 Å². The summed E-state index contributed by atoms with van der Waals surface area (Å²) < 4.78 is 20.1. The summed E-state index contributed by atoms with van der Waals surface area (Å²) >= 11 is 0.216. The molecule has 1 aliphatic heterocycles. The van der Waals surface area contributed by atoms with Gasteiger partial charge in [0.05, 0.1) is 0 Å². The molecular formula is C24H26N2O4Se. The first kappa shape index (κ1) is 21.8. The Labute approximate surface area is 188 Å². The third kappa shape index (κ3) is 5.83.